The molecular formula is C20H17FN6O4S. The lowest BCUT2D eigenvalue weighted by molar-refractivity contribution is 0.287. The summed E-state index contributed by atoms with van der Waals surface area (Å²) in [6.07, 6.45) is 0. The van der Waals surface area contributed by atoms with Gasteiger partial charge in [0.2, 0.25) is 5.88 Å². The Hall–Kier alpha value is -3.67. The third-order valence-electron chi connectivity index (χ3n) is 5.14. The van der Waals surface area contributed by atoms with Crippen LogP contribution in [-0.2, 0) is 28.7 Å². The molecule has 1 aromatic carbocycles. The van der Waals surface area contributed by atoms with Crippen LogP contribution in [0.3, 0.4) is 0 Å². The average molecular weight is 456 g/mol. The number of rotatable bonds is 5. The summed E-state index contributed by atoms with van der Waals surface area (Å²) < 4.78 is 49.5. The van der Waals surface area contributed by atoms with Crippen LogP contribution in [0.15, 0.2) is 40.9 Å². The average Bonchev–Trinajstić information content (AvgIpc) is 3.35. The fraction of sp³-hybridized carbons (Fsp3) is 0.250. The van der Waals surface area contributed by atoms with E-state index in [1.54, 1.807) is 35.8 Å². The smallest absolute Gasteiger partial charge is 0.233 e. The maximum Gasteiger partial charge on any atom is 0.233 e. The Kier molecular flexibility index (Phi) is 4.93. The van der Waals surface area contributed by atoms with Crippen molar-refractivity contribution < 1.29 is 22.1 Å². The summed E-state index contributed by atoms with van der Waals surface area (Å²) in [5.41, 5.74) is 2.46. The second-order valence-electron chi connectivity index (χ2n) is 7.30. The Balaban J connectivity index is 1.33. The van der Waals surface area contributed by atoms with Crippen LogP contribution in [0.1, 0.15) is 17.1 Å². The molecule has 4 aromatic rings. The zero-order valence-electron chi connectivity index (χ0n) is 16.9. The third kappa shape index (κ3) is 3.84. The van der Waals surface area contributed by atoms with Gasteiger partial charge in [-0.25, -0.2) is 12.8 Å². The molecule has 32 heavy (non-hydrogen) atoms. The number of aryl methyl sites for hydroxylation is 1. The first-order valence-corrected chi connectivity index (χ1v) is 11.5. The van der Waals surface area contributed by atoms with Gasteiger partial charge >= 0.3 is 0 Å². The van der Waals surface area contributed by atoms with Crippen LogP contribution in [0, 0.1) is 12.7 Å². The zero-order valence-corrected chi connectivity index (χ0v) is 17.7. The predicted molar refractivity (Wildman–Crippen MR) is 110 cm³/mol. The van der Waals surface area contributed by atoms with Crippen LogP contribution >= 0.6 is 0 Å². The fourth-order valence-electron chi connectivity index (χ4n) is 3.42. The molecule has 0 bridgehead atoms. The van der Waals surface area contributed by atoms with Crippen molar-refractivity contribution >= 4 is 9.84 Å². The van der Waals surface area contributed by atoms with E-state index in [0.717, 1.165) is 5.56 Å². The molecule has 0 aliphatic carbocycles. The molecule has 3 aromatic heterocycles. The normalized spacial score (nSPS) is 14.8. The number of fused-ring (bicyclic) bond motifs is 1. The number of sulfone groups is 1. The molecule has 1 aliphatic heterocycles. The largest absolute Gasteiger partial charge is 0.472 e. The summed E-state index contributed by atoms with van der Waals surface area (Å²) in [6, 6.07) is 9.28. The quantitative estimate of drug-likeness (QED) is 0.445. The van der Waals surface area contributed by atoms with Crippen molar-refractivity contribution in [3.8, 4) is 28.7 Å². The summed E-state index contributed by atoms with van der Waals surface area (Å²) in [6.45, 7) is 2.18. The highest BCUT2D eigenvalue weighted by atomic mass is 32.2. The van der Waals surface area contributed by atoms with E-state index in [2.05, 4.69) is 25.6 Å². The molecular weight excluding hydrogens is 439 g/mol. The van der Waals surface area contributed by atoms with Gasteiger partial charge in [0.05, 0.1) is 11.3 Å². The number of benzene rings is 1. The van der Waals surface area contributed by atoms with Gasteiger partial charge in [-0.2, -0.15) is 0 Å². The van der Waals surface area contributed by atoms with E-state index in [1.807, 2.05) is 0 Å². The van der Waals surface area contributed by atoms with Crippen molar-refractivity contribution in [1.82, 2.24) is 30.1 Å². The molecule has 0 fully saturated rings. The summed E-state index contributed by atoms with van der Waals surface area (Å²) in [7, 11) is -3.14. The molecule has 5 rings (SSSR count). The molecule has 0 atom stereocenters. The van der Waals surface area contributed by atoms with Gasteiger partial charge < -0.3 is 13.8 Å². The predicted octanol–water partition coefficient (Wildman–Crippen LogP) is 2.35. The minimum absolute atomic E-state index is 0.0359. The Labute approximate surface area is 182 Å². The van der Waals surface area contributed by atoms with Gasteiger partial charge in [0.25, 0.3) is 0 Å². The summed E-state index contributed by atoms with van der Waals surface area (Å²) in [4.78, 5) is 0. The Morgan fingerprint density at radius 1 is 1.09 bits per heavy atom. The number of hydrogen-bond donors (Lipinski definition) is 0. The van der Waals surface area contributed by atoms with Crippen LogP contribution < -0.4 is 4.74 Å². The third-order valence-corrected chi connectivity index (χ3v) is 6.64. The Bertz CT molecular complexity index is 1380. The van der Waals surface area contributed by atoms with Gasteiger partial charge in [-0.3, -0.25) is 0 Å². The summed E-state index contributed by atoms with van der Waals surface area (Å²) in [5.74, 6) is 1.28. The number of nitrogens with zero attached hydrogens (tertiary/aromatic N) is 6. The first kappa shape index (κ1) is 20.2. The first-order valence-electron chi connectivity index (χ1n) is 9.70. The summed E-state index contributed by atoms with van der Waals surface area (Å²) in [5, 5.41) is 20.3. The first-order chi connectivity index (χ1) is 15.4. The van der Waals surface area contributed by atoms with Gasteiger partial charge in [-0.1, -0.05) is 5.16 Å². The monoisotopic (exact) mass is 456 g/mol. The second kappa shape index (κ2) is 7.79. The summed E-state index contributed by atoms with van der Waals surface area (Å²) >= 11 is 0. The van der Waals surface area contributed by atoms with Crippen LogP contribution in [0.5, 0.6) is 5.88 Å². The Morgan fingerprint density at radius 3 is 2.66 bits per heavy atom. The van der Waals surface area contributed by atoms with E-state index < -0.39 is 9.84 Å². The maximum atomic E-state index is 13.2. The van der Waals surface area contributed by atoms with Crippen molar-refractivity contribution in [2.24, 2.45) is 0 Å². The van der Waals surface area contributed by atoms with Crippen molar-refractivity contribution in [2.45, 2.75) is 25.8 Å². The number of ether oxygens (including phenoxy) is 1. The molecule has 0 N–H and O–H groups in total. The molecule has 164 valence electrons. The van der Waals surface area contributed by atoms with Crippen molar-refractivity contribution in [3.63, 3.8) is 0 Å². The highest BCUT2D eigenvalue weighted by Gasteiger charge is 2.26. The lowest BCUT2D eigenvalue weighted by Crippen LogP contribution is -2.24. The standard InChI is InChI=1S/C20H17FN6O4S/c1-12-15(19(26-31-12)13-2-4-14(21)5-3-13)10-30-18-7-6-16(22-24-18)20-25-23-17-11-32(28,29)9-8-27(17)20/h2-7H,8-11H2,1H3. The second-order valence-corrected chi connectivity index (χ2v) is 9.49. The molecule has 0 spiro atoms. The lowest BCUT2D eigenvalue weighted by atomic mass is 10.1. The van der Waals surface area contributed by atoms with Gasteiger partial charge in [-0.15, -0.1) is 20.4 Å². The molecule has 4 heterocycles. The highest BCUT2D eigenvalue weighted by molar-refractivity contribution is 7.90. The van der Waals surface area contributed by atoms with Crippen LogP contribution in [0.2, 0.25) is 0 Å². The molecule has 0 unspecified atom stereocenters. The molecule has 12 heteroatoms. The van der Waals surface area contributed by atoms with Crippen molar-refractivity contribution in [3.05, 3.63) is 59.4 Å². The van der Waals surface area contributed by atoms with Gasteiger partial charge in [-0.05, 0) is 37.3 Å². The maximum absolute atomic E-state index is 13.2. The van der Waals surface area contributed by atoms with Crippen LogP contribution in [0.4, 0.5) is 4.39 Å². The SMILES string of the molecule is Cc1onc(-c2ccc(F)cc2)c1COc1ccc(-c2nnc3n2CCS(=O)(=O)C3)nn1. The number of hydrogen-bond acceptors (Lipinski definition) is 9. The molecule has 0 saturated carbocycles. The van der Waals surface area contributed by atoms with E-state index in [9.17, 15) is 12.8 Å². The van der Waals surface area contributed by atoms with E-state index in [-0.39, 0.29) is 36.4 Å². The fourth-order valence-corrected chi connectivity index (χ4v) is 4.64. The van der Waals surface area contributed by atoms with Crippen LogP contribution in [-0.4, -0.2) is 44.3 Å². The Morgan fingerprint density at radius 2 is 1.91 bits per heavy atom. The lowest BCUT2D eigenvalue weighted by Gasteiger charge is -2.15. The minimum atomic E-state index is -3.14. The van der Waals surface area contributed by atoms with Gasteiger partial charge in [0.1, 0.15) is 41.1 Å². The zero-order chi connectivity index (χ0) is 22.3. The van der Waals surface area contributed by atoms with E-state index in [0.29, 0.717) is 34.4 Å². The molecule has 0 saturated heterocycles. The van der Waals surface area contributed by atoms with Crippen molar-refractivity contribution in [2.75, 3.05) is 5.75 Å². The van der Waals surface area contributed by atoms with Crippen molar-refractivity contribution in [1.29, 1.82) is 0 Å². The number of aromatic nitrogens is 6. The van der Waals surface area contributed by atoms with Crippen LogP contribution in [0.25, 0.3) is 22.8 Å². The van der Waals surface area contributed by atoms with E-state index in [1.165, 1.54) is 12.1 Å². The molecule has 10 nitrogen and oxygen atoms in total. The van der Waals surface area contributed by atoms with Gasteiger partial charge in [0, 0.05) is 18.2 Å². The molecule has 0 amide bonds. The molecule has 1 aliphatic rings. The van der Waals surface area contributed by atoms with E-state index in [4.69, 9.17) is 9.26 Å². The number of halogens is 1. The molecule has 0 radical (unpaired) electrons. The minimum Gasteiger partial charge on any atom is -0.472 e. The van der Waals surface area contributed by atoms with E-state index >= 15 is 0 Å². The highest BCUT2D eigenvalue weighted by Crippen LogP contribution is 2.27. The van der Waals surface area contributed by atoms with Gasteiger partial charge in [0.15, 0.2) is 15.7 Å². The topological polar surface area (TPSA) is 126 Å².